The van der Waals surface area contributed by atoms with Gasteiger partial charge in [0.2, 0.25) is 5.76 Å². The first kappa shape index (κ1) is 17.2. The van der Waals surface area contributed by atoms with E-state index in [-0.39, 0.29) is 23.7 Å². The van der Waals surface area contributed by atoms with Crippen molar-refractivity contribution in [1.29, 1.82) is 0 Å². The quantitative estimate of drug-likeness (QED) is 0.500. The second-order valence-corrected chi connectivity index (χ2v) is 6.66. The highest BCUT2D eigenvalue weighted by Gasteiger charge is 2.15. The third kappa shape index (κ3) is 3.39. The second-order valence-electron chi connectivity index (χ2n) is 5.83. The third-order valence-corrected chi connectivity index (χ3v) is 4.86. The summed E-state index contributed by atoms with van der Waals surface area (Å²) in [5.41, 5.74) is 1.59. The number of benzene rings is 1. The fourth-order valence-electron chi connectivity index (χ4n) is 2.60. The number of aromatic nitrogens is 2. The second kappa shape index (κ2) is 6.81. The minimum absolute atomic E-state index is 0.0130. The van der Waals surface area contributed by atoms with Crippen molar-refractivity contribution in [2.75, 3.05) is 0 Å². The number of carbonyl (C=O) groups excluding carboxylic acids is 1. The summed E-state index contributed by atoms with van der Waals surface area (Å²) in [6.45, 7) is 1.68. The van der Waals surface area contributed by atoms with Gasteiger partial charge in [-0.05, 0) is 43.3 Å². The molecule has 0 atom stereocenters. The van der Waals surface area contributed by atoms with Crippen molar-refractivity contribution < 1.29 is 18.3 Å². The van der Waals surface area contributed by atoms with E-state index in [0.717, 1.165) is 5.69 Å². The molecule has 0 fully saturated rings. The molecule has 6 nitrogen and oxygen atoms in total. The lowest BCUT2D eigenvalue weighted by Gasteiger charge is -2.03. The van der Waals surface area contributed by atoms with Gasteiger partial charge in [-0.15, -0.1) is 11.3 Å². The van der Waals surface area contributed by atoms with Crippen LogP contribution in [-0.4, -0.2) is 15.4 Å². The van der Waals surface area contributed by atoms with Crippen LogP contribution in [0.4, 0.5) is 4.39 Å². The molecule has 3 heterocycles. The van der Waals surface area contributed by atoms with Crippen molar-refractivity contribution in [3.8, 4) is 11.3 Å². The molecule has 0 aliphatic rings. The molecule has 8 heteroatoms. The molecule has 0 aliphatic carbocycles. The molecule has 0 bridgehead atoms. The number of thiazole rings is 1. The summed E-state index contributed by atoms with van der Waals surface area (Å²) in [4.78, 5) is 29.2. The lowest BCUT2D eigenvalue weighted by atomic mass is 10.2. The summed E-state index contributed by atoms with van der Waals surface area (Å²) in [5, 5.41) is 1.83. The van der Waals surface area contributed by atoms with E-state index in [0.29, 0.717) is 22.0 Å². The maximum atomic E-state index is 13.0. The summed E-state index contributed by atoms with van der Waals surface area (Å²) in [7, 11) is 0. The Bertz CT molecular complexity index is 1190. The van der Waals surface area contributed by atoms with Gasteiger partial charge in [-0.2, -0.15) is 0 Å². The molecule has 0 unspecified atom stereocenters. The van der Waals surface area contributed by atoms with E-state index in [1.165, 1.54) is 40.0 Å². The topological polar surface area (TPSA) is 73.8 Å². The van der Waals surface area contributed by atoms with Gasteiger partial charge in [-0.3, -0.25) is 9.20 Å². The standard InChI is InChI=1S/C19H13FN2O4S/c1-11-10-27-19-21-14(8-17(23)22(11)19)9-25-18(24)16-7-6-15(26-16)12-2-4-13(20)5-3-12/h2-8,10H,9H2,1H3. The SMILES string of the molecule is Cc1csc2nc(COC(=O)c3ccc(-c4ccc(F)cc4)o3)cc(=O)n12. The highest BCUT2D eigenvalue weighted by molar-refractivity contribution is 7.15. The minimum Gasteiger partial charge on any atom is -0.453 e. The number of nitrogens with zero attached hydrogens (tertiary/aromatic N) is 2. The summed E-state index contributed by atoms with van der Waals surface area (Å²) in [5.74, 6) is -0.591. The number of rotatable bonds is 4. The van der Waals surface area contributed by atoms with Gasteiger partial charge in [0.25, 0.3) is 5.56 Å². The van der Waals surface area contributed by atoms with Crippen LogP contribution in [0, 0.1) is 12.7 Å². The number of hydrogen-bond acceptors (Lipinski definition) is 6. The van der Waals surface area contributed by atoms with Crippen molar-refractivity contribution in [2.45, 2.75) is 13.5 Å². The van der Waals surface area contributed by atoms with Gasteiger partial charge in [-0.1, -0.05) is 0 Å². The fourth-order valence-corrected chi connectivity index (χ4v) is 3.49. The van der Waals surface area contributed by atoms with Crippen LogP contribution in [0.25, 0.3) is 16.3 Å². The highest BCUT2D eigenvalue weighted by Crippen LogP contribution is 2.23. The normalized spacial score (nSPS) is 11.0. The molecular formula is C19H13FN2O4S. The lowest BCUT2D eigenvalue weighted by Crippen LogP contribution is -2.16. The number of aryl methyl sites for hydroxylation is 1. The molecule has 27 heavy (non-hydrogen) atoms. The molecule has 0 radical (unpaired) electrons. The van der Waals surface area contributed by atoms with E-state index in [1.54, 1.807) is 18.2 Å². The lowest BCUT2D eigenvalue weighted by molar-refractivity contribution is 0.0432. The largest absolute Gasteiger partial charge is 0.453 e. The van der Waals surface area contributed by atoms with E-state index in [1.807, 2.05) is 12.3 Å². The van der Waals surface area contributed by atoms with Gasteiger partial charge in [0, 0.05) is 22.7 Å². The number of esters is 1. The summed E-state index contributed by atoms with van der Waals surface area (Å²) in [6, 6.07) is 10.2. The molecule has 136 valence electrons. The van der Waals surface area contributed by atoms with Crippen molar-refractivity contribution in [3.63, 3.8) is 0 Å². The Kier molecular flexibility index (Phi) is 4.33. The molecule has 0 saturated heterocycles. The Morgan fingerprint density at radius 2 is 2.04 bits per heavy atom. The molecular weight excluding hydrogens is 371 g/mol. The summed E-state index contributed by atoms with van der Waals surface area (Å²) < 4.78 is 25.2. The Balaban J connectivity index is 1.48. The minimum atomic E-state index is -0.673. The van der Waals surface area contributed by atoms with Crippen molar-refractivity contribution in [2.24, 2.45) is 0 Å². The summed E-state index contributed by atoms with van der Waals surface area (Å²) >= 11 is 1.34. The van der Waals surface area contributed by atoms with Crippen LogP contribution in [0.1, 0.15) is 21.9 Å². The van der Waals surface area contributed by atoms with Crippen molar-refractivity contribution in [3.05, 3.63) is 81.2 Å². The van der Waals surface area contributed by atoms with Crippen LogP contribution in [-0.2, 0) is 11.3 Å². The zero-order valence-electron chi connectivity index (χ0n) is 14.1. The van der Waals surface area contributed by atoms with E-state index in [4.69, 9.17) is 9.15 Å². The highest BCUT2D eigenvalue weighted by atomic mass is 32.1. The maximum Gasteiger partial charge on any atom is 0.374 e. The van der Waals surface area contributed by atoms with E-state index >= 15 is 0 Å². The number of fused-ring (bicyclic) bond motifs is 1. The Labute approximate surface area is 156 Å². The van der Waals surface area contributed by atoms with E-state index in [2.05, 4.69) is 4.98 Å². The van der Waals surface area contributed by atoms with Gasteiger partial charge < -0.3 is 9.15 Å². The van der Waals surface area contributed by atoms with Crippen LogP contribution in [0.3, 0.4) is 0 Å². The zero-order valence-corrected chi connectivity index (χ0v) is 15.0. The number of halogens is 1. The number of hydrogen-bond donors (Lipinski definition) is 0. The first-order valence-corrected chi connectivity index (χ1v) is 8.89. The monoisotopic (exact) mass is 384 g/mol. The van der Waals surface area contributed by atoms with E-state index in [9.17, 15) is 14.0 Å². The van der Waals surface area contributed by atoms with Gasteiger partial charge in [0.05, 0.1) is 5.69 Å². The summed E-state index contributed by atoms with van der Waals surface area (Å²) in [6.07, 6.45) is 0. The molecule has 0 saturated carbocycles. The molecule has 4 aromatic rings. The number of ether oxygens (including phenoxy) is 1. The zero-order chi connectivity index (χ0) is 19.0. The van der Waals surface area contributed by atoms with Crippen molar-refractivity contribution in [1.82, 2.24) is 9.38 Å². The predicted molar refractivity (Wildman–Crippen MR) is 97.3 cm³/mol. The fraction of sp³-hybridized carbons (Fsp3) is 0.105. The molecule has 0 amide bonds. The van der Waals surface area contributed by atoms with Gasteiger partial charge in [0.15, 0.2) is 4.96 Å². The maximum absolute atomic E-state index is 13.0. The average molecular weight is 384 g/mol. The molecule has 0 spiro atoms. The smallest absolute Gasteiger partial charge is 0.374 e. The van der Waals surface area contributed by atoms with Crippen LogP contribution < -0.4 is 5.56 Å². The third-order valence-electron chi connectivity index (χ3n) is 3.92. The van der Waals surface area contributed by atoms with Gasteiger partial charge in [-0.25, -0.2) is 14.2 Å². The molecule has 1 aromatic carbocycles. The van der Waals surface area contributed by atoms with Crippen LogP contribution in [0.15, 0.2) is 57.1 Å². The van der Waals surface area contributed by atoms with E-state index < -0.39 is 5.97 Å². The number of carbonyl (C=O) groups is 1. The Morgan fingerprint density at radius 3 is 2.81 bits per heavy atom. The van der Waals surface area contributed by atoms with Gasteiger partial charge in [0.1, 0.15) is 18.2 Å². The average Bonchev–Trinajstić information content (AvgIpc) is 3.28. The Hall–Kier alpha value is -3.26. The number of furan rings is 1. The van der Waals surface area contributed by atoms with Crippen LogP contribution in [0.5, 0.6) is 0 Å². The molecule has 3 aromatic heterocycles. The van der Waals surface area contributed by atoms with Crippen LogP contribution in [0.2, 0.25) is 0 Å². The first-order valence-electron chi connectivity index (χ1n) is 8.01. The van der Waals surface area contributed by atoms with Gasteiger partial charge >= 0.3 is 5.97 Å². The molecule has 0 aliphatic heterocycles. The Morgan fingerprint density at radius 1 is 1.26 bits per heavy atom. The predicted octanol–water partition coefficient (Wildman–Crippen LogP) is 3.82. The van der Waals surface area contributed by atoms with Crippen LogP contribution >= 0.6 is 11.3 Å². The first-order chi connectivity index (χ1) is 13.0. The molecule has 0 N–H and O–H groups in total. The molecule has 4 rings (SSSR count). The van der Waals surface area contributed by atoms with Crippen molar-refractivity contribution >= 4 is 22.3 Å².